The summed E-state index contributed by atoms with van der Waals surface area (Å²) in [5.74, 6) is -3.44. The van der Waals surface area contributed by atoms with E-state index in [0.29, 0.717) is 0 Å². The first kappa shape index (κ1) is 20.8. The number of rotatable bonds is 2. The predicted octanol–water partition coefficient (Wildman–Crippen LogP) is 4.64. The summed E-state index contributed by atoms with van der Waals surface area (Å²) in [6.07, 6.45) is -22.5. The molecule has 0 aromatic rings. The van der Waals surface area contributed by atoms with Crippen LogP contribution < -0.4 is 0 Å². The van der Waals surface area contributed by atoms with E-state index in [1.165, 1.54) is 20.8 Å². The van der Waals surface area contributed by atoms with Crippen molar-refractivity contribution in [2.75, 3.05) is 0 Å². The molecule has 11 heteroatoms. The van der Waals surface area contributed by atoms with Crippen LogP contribution in [0.5, 0.6) is 0 Å². The van der Waals surface area contributed by atoms with E-state index in [9.17, 15) is 44.3 Å². The molecule has 0 amide bonds. The molecule has 0 radical (unpaired) electrons. The molecule has 1 atom stereocenters. The minimum Gasteiger partial charge on any atom is -0.461 e. The minimum atomic E-state index is -6.96. The lowest BCUT2D eigenvalue weighted by atomic mass is 9.84. The number of ether oxygens (including phenoxy) is 1. The van der Waals surface area contributed by atoms with Crippen LogP contribution in [0.4, 0.5) is 39.5 Å². The molecule has 0 aliphatic carbocycles. The quantitative estimate of drug-likeness (QED) is 0.537. The van der Waals surface area contributed by atoms with E-state index in [1.807, 2.05) is 0 Å². The minimum absolute atomic E-state index is 0.895. The lowest BCUT2D eigenvalue weighted by molar-refractivity contribution is -0.413. The second-order valence-corrected chi connectivity index (χ2v) is 5.66. The van der Waals surface area contributed by atoms with Crippen molar-refractivity contribution in [2.45, 2.75) is 52.3 Å². The van der Waals surface area contributed by atoms with Gasteiger partial charge in [-0.2, -0.15) is 39.5 Å². The van der Waals surface area contributed by atoms with E-state index in [4.69, 9.17) is 0 Å². The maximum Gasteiger partial charge on any atom is 0.422 e. The fourth-order valence-corrected chi connectivity index (χ4v) is 1.26. The van der Waals surface area contributed by atoms with Crippen molar-refractivity contribution >= 4 is 5.97 Å². The zero-order valence-electron chi connectivity index (χ0n) is 11.8. The number of hydrogen-bond donors (Lipinski definition) is 0. The summed E-state index contributed by atoms with van der Waals surface area (Å²) in [7, 11) is 0. The van der Waals surface area contributed by atoms with Crippen molar-refractivity contribution in [3.63, 3.8) is 0 Å². The average molecular weight is 348 g/mol. The van der Waals surface area contributed by atoms with Crippen LogP contribution in [0.3, 0.4) is 0 Å². The highest BCUT2D eigenvalue weighted by Crippen LogP contribution is 2.60. The maximum atomic E-state index is 12.6. The standard InChI is InChI=1S/C11H13F9O2/c1-5(7(2,3)4)22-6(21)8(9(12,13)14,10(15,16)17)11(18,19)20/h5H,1-4H3/t5-/m0/s1. The summed E-state index contributed by atoms with van der Waals surface area (Å²) in [5.41, 5.74) is -7.75. The number of esters is 1. The van der Waals surface area contributed by atoms with Gasteiger partial charge in [0.15, 0.2) is 0 Å². The van der Waals surface area contributed by atoms with Crippen molar-refractivity contribution in [2.24, 2.45) is 10.8 Å². The fourth-order valence-electron chi connectivity index (χ4n) is 1.26. The first-order valence-corrected chi connectivity index (χ1v) is 5.71. The Kier molecular flexibility index (Phi) is 5.19. The summed E-state index contributed by atoms with van der Waals surface area (Å²) in [6.45, 7) is 4.69. The average Bonchev–Trinajstić information content (AvgIpc) is 2.07. The Balaban J connectivity index is 6.18. The molecule has 0 aliphatic rings. The molecule has 0 rings (SSSR count). The Morgan fingerprint density at radius 1 is 0.773 bits per heavy atom. The van der Waals surface area contributed by atoms with Crippen molar-refractivity contribution in [1.82, 2.24) is 0 Å². The summed E-state index contributed by atoms with van der Waals surface area (Å²) < 4.78 is 117. The van der Waals surface area contributed by atoms with Crippen LogP contribution in [-0.2, 0) is 9.53 Å². The predicted molar refractivity (Wildman–Crippen MR) is 55.6 cm³/mol. The number of hydrogen-bond acceptors (Lipinski definition) is 2. The fraction of sp³-hybridized carbons (Fsp3) is 0.909. The maximum absolute atomic E-state index is 12.6. The molecule has 0 fully saturated rings. The molecule has 0 aromatic carbocycles. The zero-order chi connectivity index (χ0) is 18.4. The van der Waals surface area contributed by atoms with Gasteiger partial charge < -0.3 is 4.74 Å². The van der Waals surface area contributed by atoms with Crippen LogP contribution >= 0.6 is 0 Å². The topological polar surface area (TPSA) is 26.3 Å². The Morgan fingerprint density at radius 3 is 1.23 bits per heavy atom. The molecule has 0 aromatic heterocycles. The summed E-state index contributed by atoms with van der Waals surface area (Å²) in [6, 6.07) is 0. The number of carbonyl (C=O) groups excluding carboxylic acids is 1. The Hall–Kier alpha value is -1.16. The summed E-state index contributed by atoms with van der Waals surface area (Å²) in [4.78, 5) is 11.3. The van der Waals surface area contributed by atoms with Crippen molar-refractivity contribution < 1.29 is 49.0 Å². The van der Waals surface area contributed by atoms with Crippen LogP contribution in [-0.4, -0.2) is 30.6 Å². The van der Waals surface area contributed by atoms with Gasteiger partial charge in [0, 0.05) is 0 Å². The van der Waals surface area contributed by atoms with Gasteiger partial charge in [0.05, 0.1) is 0 Å². The molecule has 0 bridgehead atoms. The highest BCUT2D eigenvalue weighted by atomic mass is 19.4. The van der Waals surface area contributed by atoms with Gasteiger partial charge in [-0.05, 0) is 12.3 Å². The molecular formula is C11H13F9O2. The van der Waals surface area contributed by atoms with Gasteiger partial charge >= 0.3 is 29.9 Å². The Morgan fingerprint density at radius 2 is 1.05 bits per heavy atom. The lowest BCUT2D eigenvalue weighted by Crippen LogP contribution is -2.65. The SMILES string of the molecule is C[C@H](OC(=O)C(C(F)(F)F)(C(F)(F)F)C(F)(F)F)C(C)(C)C. The van der Waals surface area contributed by atoms with E-state index >= 15 is 0 Å². The molecule has 0 N–H and O–H groups in total. The molecular weight excluding hydrogens is 335 g/mol. The van der Waals surface area contributed by atoms with E-state index in [2.05, 4.69) is 4.74 Å². The molecule has 2 nitrogen and oxygen atoms in total. The van der Waals surface area contributed by atoms with Gasteiger partial charge in [0.1, 0.15) is 6.10 Å². The van der Waals surface area contributed by atoms with E-state index in [1.54, 1.807) is 0 Å². The smallest absolute Gasteiger partial charge is 0.422 e. The number of carbonyl (C=O) groups is 1. The second kappa shape index (κ2) is 5.48. The van der Waals surface area contributed by atoms with Gasteiger partial charge in [-0.1, -0.05) is 20.8 Å². The van der Waals surface area contributed by atoms with Crippen molar-refractivity contribution in [3.05, 3.63) is 0 Å². The number of halogens is 9. The Bertz CT molecular complexity index is 375. The van der Waals surface area contributed by atoms with Crippen LogP contribution in [0.25, 0.3) is 0 Å². The van der Waals surface area contributed by atoms with Crippen LogP contribution in [0.2, 0.25) is 0 Å². The third-order valence-electron chi connectivity index (χ3n) is 3.09. The molecule has 0 saturated heterocycles. The molecule has 0 saturated carbocycles. The van der Waals surface area contributed by atoms with Crippen LogP contribution in [0, 0.1) is 10.8 Å². The first-order chi connectivity index (χ1) is 9.30. The monoisotopic (exact) mass is 348 g/mol. The summed E-state index contributed by atoms with van der Waals surface area (Å²) >= 11 is 0. The van der Waals surface area contributed by atoms with Crippen LogP contribution in [0.1, 0.15) is 27.7 Å². The second-order valence-electron chi connectivity index (χ2n) is 5.66. The highest BCUT2D eigenvalue weighted by molar-refractivity contribution is 5.80. The zero-order valence-corrected chi connectivity index (χ0v) is 11.8. The lowest BCUT2D eigenvalue weighted by Gasteiger charge is -2.38. The molecule has 0 spiro atoms. The van der Waals surface area contributed by atoms with E-state index in [-0.39, 0.29) is 0 Å². The number of alkyl halides is 9. The van der Waals surface area contributed by atoms with E-state index < -0.39 is 41.4 Å². The molecule has 22 heavy (non-hydrogen) atoms. The molecule has 0 aliphatic heterocycles. The van der Waals surface area contributed by atoms with Gasteiger partial charge in [0.25, 0.3) is 0 Å². The van der Waals surface area contributed by atoms with Gasteiger partial charge in [0.2, 0.25) is 0 Å². The third kappa shape index (κ3) is 3.43. The first-order valence-electron chi connectivity index (χ1n) is 5.71. The summed E-state index contributed by atoms with van der Waals surface area (Å²) in [5, 5.41) is 0. The van der Waals surface area contributed by atoms with Gasteiger partial charge in [-0.15, -0.1) is 0 Å². The van der Waals surface area contributed by atoms with E-state index in [0.717, 1.165) is 6.92 Å². The highest BCUT2D eigenvalue weighted by Gasteiger charge is 2.89. The molecule has 132 valence electrons. The van der Waals surface area contributed by atoms with Crippen molar-refractivity contribution in [1.29, 1.82) is 0 Å². The Labute approximate surface area is 119 Å². The molecule has 0 unspecified atom stereocenters. The van der Waals surface area contributed by atoms with Gasteiger partial charge in [-0.25, -0.2) is 0 Å². The van der Waals surface area contributed by atoms with Gasteiger partial charge in [-0.3, -0.25) is 4.79 Å². The normalized spacial score (nSPS) is 16.4. The van der Waals surface area contributed by atoms with Crippen LogP contribution in [0.15, 0.2) is 0 Å². The third-order valence-corrected chi connectivity index (χ3v) is 3.09. The van der Waals surface area contributed by atoms with Crippen molar-refractivity contribution in [3.8, 4) is 0 Å². The largest absolute Gasteiger partial charge is 0.461 e. The molecule has 0 heterocycles.